The van der Waals surface area contributed by atoms with Gasteiger partial charge in [0.2, 0.25) is 5.91 Å². The van der Waals surface area contributed by atoms with E-state index in [9.17, 15) is 9.59 Å². The zero-order valence-electron chi connectivity index (χ0n) is 14.5. The molecule has 2 aliphatic rings. The maximum Gasteiger partial charge on any atom is 0.336 e. The molecule has 0 saturated heterocycles. The van der Waals surface area contributed by atoms with Crippen molar-refractivity contribution in [2.45, 2.75) is 63.9 Å². The summed E-state index contributed by atoms with van der Waals surface area (Å²) in [5.41, 5.74) is 2.06. The molecule has 0 unspecified atom stereocenters. The van der Waals surface area contributed by atoms with Crippen LogP contribution in [0.25, 0.3) is 0 Å². The van der Waals surface area contributed by atoms with Crippen LogP contribution in [0.3, 0.4) is 0 Å². The third kappa shape index (κ3) is 4.43. The fourth-order valence-corrected chi connectivity index (χ4v) is 3.85. The number of rotatable bonds is 3. The lowest BCUT2D eigenvalue weighted by molar-refractivity contribution is -0.145. The highest BCUT2D eigenvalue weighted by Gasteiger charge is 2.33. The molecule has 1 fully saturated rings. The molecule has 1 N–H and O–H groups in total. The van der Waals surface area contributed by atoms with Crippen molar-refractivity contribution in [1.29, 1.82) is 0 Å². The van der Waals surface area contributed by atoms with Crippen molar-refractivity contribution >= 4 is 23.5 Å². The summed E-state index contributed by atoms with van der Waals surface area (Å²) in [6.07, 6.45) is 6.71. The minimum atomic E-state index is -0.302. The molecule has 0 bridgehead atoms. The molecule has 0 radical (unpaired) electrons. The Hall–Kier alpha value is -1.81. The molecule has 1 amide bonds. The highest BCUT2D eigenvalue weighted by molar-refractivity contribution is 6.30. The van der Waals surface area contributed by atoms with Gasteiger partial charge >= 0.3 is 5.97 Å². The molecule has 134 valence electrons. The fraction of sp³-hybridized carbons (Fsp3) is 0.500. The highest BCUT2D eigenvalue weighted by atomic mass is 35.5. The van der Waals surface area contributed by atoms with Crippen molar-refractivity contribution in [3.8, 4) is 0 Å². The maximum absolute atomic E-state index is 12.9. The van der Waals surface area contributed by atoms with Crippen molar-refractivity contribution in [2.24, 2.45) is 0 Å². The lowest BCUT2D eigenvalue weighted by atomic mass is 9.84. The molecule has 0 aromatic heterocycles. The van der Waals surface area contributed by atoms with Crippen molar-refractivity contribution < 1.29 is 14.3 Å². The first-order chi connectivity index (χ1) is 12.0. The topological polar surface area (TPSA) is 55.4 Å². The Kier molecular flexibility index (Phi) is 5.79. The number of carbonyl (C=O) groups excluding carboxylic acids is 2. The third-order valence-corrected chi connectivity index (χ3v) is 5.29. The van der Waals surface area contributed by atoms with Crippen LogP contribution in [0.15, 0.2) is 35.5 Å². The van der Waals surface area contributed by atoms with E-state index in [2.05, 4.69) is 5.32 Å². The zero-order valence-corrected chi connectivity index (χ0v) is 15.3. The van der Waals surface area contributed by atoms with Gasteiger partial charge in [-0.25, -0.2) is 4.79 Å². The molecule has 25 heavy (non-hydrogen) atoms. The first-order valence-electron chi connectivity index (χ1n) is 9.01. The second-order valence-corrected chi connectivity index (χ2v) is 7.35. The van der Waals surface area contributed by atoms with Gasteiger partial charge in [0.1, 0.15) is 6.10 Å². The molecule has 1 aromatic carbocycles. The van der Waals surface area contributed by atoms with E-state index < -0.39 is 0 Å². The van der Waals surface area contributed by atoms with Gasteiger partial charge in [0, 0.05) is 23.1 Å². The molecule has 1 aliphatic heterocycles. The Morgan fingerprint density at radius 2 is 1.76 bits per heavy atom. The lowest BCUT2D eigenvalue weighted by Crippen LogP contribution is -2.35. The van der Waals surface area contributed by atoms with Crippen LogP contribution < -0.4 is 5.32 Å². The molecule has 1 atom stereocenters. The number of nitrogens with one attached hydrogen (secondary N) is 1. The zero-order chi connectivity index (χ0) is 17.8. The van der Waals surface area contributed by atoms with Crippen LogP contribution in [0, 0.1) is 0 Å². The first kappa shape index (κ1) is 18.0. The Balaban J connectivity index is 1.83. The summed E-state index contributed by atoms with van der Waals surface area (Å²) in [5, 5.41) is 3.42. The molecule has 1 saturated carbocycles. The molecular weight excluding hydrogens is 338 g/mol. The van der Waals surface area contributed by atoms with Gasteiger partial charge in [0.25, 0.3) is 0 Å². The third-order valence-electron chi connectivity index (χ3n) is 5.04. The Morgan fingerprint density at radius 1 is 1.12 bits per heavy atom. The van der Waals surface area contributed by atoms with E-state index in [1.54, 1.807) is 19.1 Å². The average molecular weight is 362 g/mol. The van der Waals surface area contributed by atoms with Gasteiger partial charge < -0.3 is 10.1 Å². The summed E-state index contributed by atoms with van der Waals surface area (Å²) >= 11 is 5.97. The SMILES string of the molecule is CC1=C(C(=O)OC2CCCCCC2)[C@H](c2ccc(Cl)cc2)CC(=O)N1. The summed E-state index contributed by atoms with van der Waals surface area (Å²) < 4.78 is 5.82. The number of halogens is 1. The van der Waals surface area contributed by atoms with E-state index >= 15 is 0 Å². The van der Waals surface area contributed by atoms with Crippen LogP contribution in [-0.4, -0.2) is 18.0 Å². The number of esters is 1. The van der Waals surface area contributed by atoms with Gasteiger partial charge in [-0.3, -0.25) is 4.79 Å². The summed E-state index contributed by atoms with van der Waals surface area (Å²) in [4.78, 5) is 24.9. The largest absolute Gasteiger partial charge is 0.459 e. The van der Waals surface area contributed by atoms with E-state index in [-0.39, 0.29) is 30.3 Å². The molecule has 3 rings (SSSR count). The molecule has 4 nitrogen and oxygen atoms in total. The summed E-state index contributed by atoms with van der Waals surface area (Å²) in [6, 6.07) is 7.32. The standard InChI is InChI=1S/C20H24ClNO3/c1-13-19(20(24)25-16-6-4-2-3-5-7-16)17(12-18(23)22-13)14-8-10-15(21)11-9-14/h8-11,16-17H,2-7,12H2,1H3,(H,22,23)/t17-/m0/s1. The van der Waals surface area contributed by atoms with Crippen molar-refractivity contribution in [3.63, 3.8) is 0 Å². The number of carbonyl (C=O) groups is 2. The normalized spacial score (nSPS) is 22.3. The number of benzene rings is 1. The Labute approximate surface area is 153 Å². The number of ether oxygens (including phenoxy) is 1. The van der Waals surface area contributed by atoms with Crippen molar-refractivity contribution in [2.75, 3.05) is 0 Å². The van der Waals surface area contributed by atoms with Crippen LogP contribution in [0.4, 0.5) is 0 Å². The van der Waals surface area contributed by atoms with E-state index in [1.807, 2.05) is 12.1 Å². The molecule has 1 heterocycles. The van der Waals surface area contributed by atoms with Crippen LogP contribution in [0.5, 0.6) is 0 Å². The van der Waals surface area contributed by atoms with Gasteiger partial charge in [-0.1, -0.05) is 36.6 Å². The number of allylic oxidation sites excluding steroid dienone is 1. The quantitative estimate of drug-likeness (QED) is 0.637. The fourth-order valence-electron chi connectivity index (χ4n) is 3.73. The van der Waals surface area contributed by atoms with Gasteiger partial charge in [-0.05, 0) is 50.3 Å². The summed E-state index contributed by atoms with van der Waals surface area (Å²) in [7, 11) is 0. The minimum absolute atomic E-state index is 0.0150. The van der Waals surface area contributed by atoms with Crippen LogP contribution >= 0.6 is 11.6 Å². The second-order valence-electron chi connectivity index (χ2n) is 6.91. The number of hydrogen-bond acceptors (Lipinski definition) is 3. The van der Waals surface area contributed by atoms with Gasteiger partial charge in [-0.2, -0.15) is 0 Å². The van der Waals surface area contributed by atoms with E-state index in [0.29, 0.717) is 16.3 Å². The number of amides is 1. The summed E-state index contributed by atoms with van der Waals surface area (Å²) in [6.45, 7) is 1.77. The van der Waals surface area contributed by atoms with Gasteiger partial charge in [0.15, 0.2) is 0 Å². The van der Waals surface area contributed by atoms with Crippen LogP contribution in [-0.2, 0) is 14.3 Å². The predicted octanol–water partition coefficient (Wildman–Crippen LogP) is 4.48. The maximum atomic E-state index is 12.9. The van der Waals surface area contributed by atoms with Gasteiger partial charge in [0.05, 0.1) is 5.57 Å². The molecular formula is C20H24ClNO3. The monoisotopic (exact) mass is 361 g/mol. The van der Waals surface area contributed by atoms with E-state index in [4.69, 9.17) is 16.3 Å². The molecule has 1 aliphatic carbocycles. The number of hydrogen-bond donors (Lipinski definition) is 1. The Bertz CT molecular complexity index is 673. The molecule has 1 aromatic rings. The lowest BCUT2D eigenvalue weighted by Gasteiger charge is -2.28. The molecule has 0 spiro atoms. The summed E-state index contributed by atoms with van der Waals surface area (Å²) in [5.74, 6) is -0.669. The smallest absolute Gasteiger partial charge is 0.336 e. The van der Waals surface area contributed by atoms with Crippen molar-refractivity contribution in [1.82, 2.24) is 5.32 Å². The van der Waals surface area contributed by atoms with Crippen LogP contribution in [0.1, 0.15) is 63.4 Å². The van der Waals surface area contributed by atoms with E-state index in [1.165, 1.54) is 12.8 Å². The van der Waals surface area contributed by atoms with E-state index in [0.717, 1.165) is 31.2 Å². The second kappa shape index (κ2) is 8.05. The van der Waals surface area contributed by atoms with Gasteiger partial charge in [-0.15, -0.1) is 0 Å². The highest BCUT2D eigenvalue weighted by Crippen LogP contribution is 2.34. The first-order valence-corrected chi connectivity index (χ1v) is 9.39. The predicted molar refractivity (Wildman–Crippen MR) is 97.2 cm³/mol. The molecule has 5 heteroatoms. The van der Waals surface area contributed by atoms with Crippen molar-refractivity contribution in [3.05, 3.63) is 46.1 Å². The minimum Gasteiger partial charge on any atom is -0.459 e. The van der Waals surface area contributed by atoms with Crippen LogP contribution in [0.2, 0.25) is 5.02 Å². The average Bonchev–Trinajstić information content (AvgIpc) is 2.83. The Morgan fingerprint density at radius 3 is 2.40 bits per heavy atom.